The first-order valence-electron chi connectivity index (χ1n) is 19.9. The second kappa shape index (κ2) is 29.2. The van der Waals surface area contributed by atoms with Crippen LogP contribution in [0.5, 0.6) is 0 Å². The maximum Gasteiger partial charge on any atom is 0.481 e. The summed E-state index contributed by atoms with van der Waals surface area (Å²) in [7, 11) is -10.1. The van der Waals surface area contributed by atoms with Crippen molar-refractivity contribution in [3.8, 4) is 0 Å². The molecule has 1 aliphatic heterocycles. The minimum atomic E-state index is -5.16. The van der Waals surface area contributed by atoms with Gasteiger partial charge in [0.25, 0.3) is 0 Å². The van der Waals surface area contributed by atoms with Gasteiger partial charge in [-0.3, -0.25) is 18.7 Å². The third-order valence-electron chi connectivity index (χ3n) is 9.00. The average molecular weight is 828 g/mol. The van der Waals surface area contributed by atoms with Gasteiger partial charge in [0.2, 0.25) is 0 Å². The Balaban J connectivity index is 0.000000577. The number of aromatic nitrogens is 2. The number of rotatable bonds is 30. The maximum atomic E-state index is 12.5. The second-order valence-electron chi connectivity index (χ2n) is 14.0. The summed E-state index contributed by atoms with van der Waals surface area (Å²) in [4.78, 5) is 65.9. The Hall–Kier alpha value is -2.04. The van der Waals surface area contributed by atoms with Crippen molar-refractivity contribution < 1.29 is 61.9 Å². The summed E-state index contributed by atoms with van der Waals surface area (Å²) >= 11 is 0. The monoisotopic (exact) mass is 827 g/mol. The molecule has 320 valence electrons. The molecule has 1 aliphatic rings. The lowest BCUT2D eigenvalue weighted by Crippen LogP contribution is -2.40. The zero-order chi connectivity index (χ0) is 41.1. The van der Waals surface area contributed by atoms with Gasteiger partial charge in [0.05, 0.1) is 19.3 Å². The highest BCUT2D eigenvalue weighted by molar-refractivity contribution is 7.60. The van der Waals surface area contributed by atoms with Crippen LogP contribution in [-0.2, 0) is 37.0 Å². The van der Waals surface area contributed by atoms with E-state index in [0.29, 0.717) is 12.8 Å². The number of phosphoric acid groups is 2. The Labute approximate surface area is 325 Å². The zero-order valence-corrected chi connectivity index (χ0v) is 34.5. The van der Waals surface area contributed by atoms with Crippen LogP contribution in [0.2, 0.25) is 0 Å². The predicted molar refractivity (Wildman–Crippen MR) is 207 cm³/mol. The first-order valence-corrected chi connectivity index (χ1v) is 22.9. The fourth-order valence-corrected chi connectivity index (χ4v) is 7.60. The SMILES string of the molecule is CCCCCCCCCCCC(=O)OC(C(=O)CCCCCCCCCCC)C(O)CO.Nc1ccn([C@H]2CC[C@@H](COP(=O)(O)OP(=O)(O)O)O2)c(=O)n1. The standard InChI is InChI=1S/C27H52O5.C9H15N3O9P2/c1-3-5-7-9-11-13-15-17-19-21-24(29)27(25(30)23-28)32-26(31)22-20-18-16-14-12-10-8-6-4-2;10-7-3-4-12(9(13)11-7)8-2-1-6(20-8)5-19-23(17,18)21-22(14,15)16/h25,27-28,30H,3-23H2,1-2H3;3-4,6,8H,1-2,5H2,(H,17,18)(H2,10,11,13)(H2,14,15,16)/t;6-,8+/m.0/s1. The zero-order valence-electron chi connectivity index (χ0n) is 32.7. The molecular formula is C36H67N3O14P2. The molecule has 1 saturated heterocycles. The number of aliphatic hydroxyl groups is 2. The number of phosphoric ester groups is 1. The highest BCUT2D eigenvalue weighted by Crippen LogP contribution is 2.57. The molecule has 0 spiro atoms. The number of esters is 1. The van der Waals surface area contributed by atoms with Crippen molar-refractivity contribution in [3.05, 3.63) is 22.7 Å². The molecule has 19 heteroatoms. The smallest absolute Gasteiger partial charge is 0.451 e. The molecule has 2 heterocycles. The molecule has 1 aromatic rings. The molecule has 5 atom stereocenters. The fourth-order valence-electron chi connectivity index (χ4n) is 5.98. The third-order valence-corrected chi connectivity index (χ3v) is 11.2. The number of anilines is 1. The molecule has 7 N–H and O–H groups in total. The molecule has 1 fully saturated rings. The molecule has 55 heavy (non-hydrogen) atoms. The average Bonchev–Trinajstić information content (AvgIpc) is 3.59. The normalized spacial score (nSPS) is 17.9. The maximum absolute atomic E-state index is 12.5. The molecule has 1 aromatic heterocycles. The van der Waals surface area contributed by atoms with Crippen LogP contribution in [0.15, 0.2) is 17.1 Å². The van der Waals surface area contributed by atoms with E-state index in [4.69, 9.17) is 29.9 Å². The number of ether oxygens (including phenoxy) is 2. The van der Waals surface area contributed by atoms with E-state index < -0.39 is 65.1 Å². The highest BCUT2D eigenvalue weighted by atomic mass is 31.3. The Morgan fingerprint density at radius 2 is 1.38 bits per heavy atom. The largest absolute Gasteiger partial charge is 0.481 e. The summed E-state index contributed by atoms with van der Waals surface area (Å²) in [6, 6.07) is 1.42. The topological polar surface area (TPSA) is 267 Å². The number of Topliss-reactive ketones (excluding diaryl/α,β-unsaturated/α-hetero) is 1. The molecule has 0 bridgehead atoms. The van der Waals surface area contributed by atoms with Gasteiger partial charge in [-0.15, -0.1) is 0 Å². The van der Waals surface area contributed by atoms with E-state index in [9.17, 15) is 33.7 Å². The molecular weight excluding hydrogens is 760 g/mol. The van der Waals surface area contributed by atoms with E-state index in [0.717, 1.165) is 38.5 Å². The molecule has 2 rings (SSSR count). The molecule has 0 amide bonds. The van der Waals surface area contributed by atoms with Gasteiger partial charge in [0.1, 0.15) is 18.1 Å². The van der Waals surface area contributed by atoms with Crippen molar-refractivity contribution in [1.82, 2.24) is 9.55 Å². The van der Waals surface area contributed by atoms with E-state index >= 15 is 0 Å². The summed E-state index contributed by atoms with van der Waals surface area (Å²) in [6.45, 7) is 3.40. The lowest BCUT2D eigenvalue weighted by Gasteiger charge is -2.20. The molecule has 0 aromatic carbocycles. The molecule has 17 nitrogen and oxygen atoms in total. The van der Waals surface area contributed by atoms with E-state index in [1.54, 1.807) is 0 Å². The molecule has 3 unspecified atom stereocenters. The minimum absolute atomic E-state index is 0.0694. The molecule has 0 aliphatic carbocycles. The quantitative estimate of drug-likeness (QED) is 0.0279. The number of hydrogen-bond acceptors (Lipinski definition) is 13. The van der Waals surface area contributed by atoms with Crippen molar-refractivity contribution in [2.24, 2.45) is 0 Å². The lowest BCUT2D eigenvalue weighted by atomic mass is 10.0. The Morgan fingerprint density at radius 1 is 0.873 bits per heavy atom. The molecule has 0 radical (unpaired) electrons. The minimum Gasteiger partial charge on any atom is -0.451 e. The number of carbonyl (C=O) groups excluding carboxylic acids is 2. The van der Waals surface area contributed by atoms with E-state index in [1.165, 1.54) is 93.9 Å². The van der Waals surface area contributed by atoms with Crippen LogP contribution in [0, 0.1) is 0 Å². The van der Waals surface area contributed by atoms with Crippen molar-refractivity contribution in [2.45, 2.75) is 180 Å². The van der Waals surface area contributed by atoms with Gasteiger partial charge in [0, 0.05) is 19.0 Å². The van der Waals surface area contributed by atoms with Crippen molar-refractivity contribution >= 4 is 33.2 Å². The number of carbonyl (C=O) groups is 2. The summed E-state index contributed by atoms with van der Waals surface area (Å²) < 4.78 is 41.9. The number of nitrogen functional groups attached to an aromatic ring is 1. The van der Waals surface area contributed by atoms with Crippen LogP contribution in [-0.4, -0.2) is 77.7 Å². The van der Waals surface area contributed by atoms with Crippen LogP contribution in [0.1, 0.15) is 161 Å². The Morgan fingerprint density at radius 3 is 1.87 bits per heavy atom. The van der Waals surface area contributed by atoms with Crippen molar-refractivity contribution in [3.63, 3.8) is 0 Å². The van der Waals surface area contributed by atoms with Crippen molar-refractivity contribution in [2.75, 3.05) is 18.9 Å². The van der Waals surface area contributed by atoms with Gasteiger partial charge in [0.15, 0.2) is 11.9 Å². The second-order valence-corrected chi connectivity index (χ2v) is 16.8. The first kappa shape index (κ1) is 51.0. The summed E-state index contributed by atoms with van der Waals surface area (Å²) in [5, 5.41) is 19.2. The summed E-state index contributed by atoms with van der Waals surface area (Å²) in [5.74, 6) is -0.666. The van der Waals surface area contributed by atoms with Gasteiger partial charge in [-0.2, -0.15) is 9.29 Å². The number of nitrogens with two attached hydrogens (primary N) is 1. The van der Waals surface area contributed by atoms with Crippen molar-refractivity contribution in [1.29, 1.82) is 0 Å². The summed E-state index contributed by atoms with van der Waals surface area (Å²) in [5.41, 5.74) is 4.78. The Bertz CT molecular complexity index is 1360. The highest BCUT2D eigenvalue weighted by Gasteiger charge is 2.35. The first-order chi connectivity index (χ1) is 26.1. The third kappa shape index (κ3) is 25.0. The number of hydrogen-bond donors (Lipinski definition) is 6. The van der Waals surface area contributed by atoms with Crippen LogP contribution < -0.4 is 11.4 Å². The van der Waals surface area contributed by atoms with Crippen LogP contribution >= 0.6 is 15.6 Å². The van der Waals surface area contributed by atoms with Gasteiger partial charge in [-0.05, 0) is 31.7 Å². The van der Waals surface area contributed by atoms with Crippen LogP contribution in [0.25, 0.3) is 0 Å². The number of unbranched alkanes of at least 4 members (excludes halogenated alkanes) is 16. The van der Waals surface area contributed by atoms with Gasteiger partial charge in [-0.25, -0.2) is 13.9 Å². The van der Waals surface area contributed by atoms with E-state index in [-0.39, 0.29) is 24.4 Å². The van der Waals surface area contributed by atoms with Gasteiger partial charge >= 0.3 is 27.3 Å². The summed E-state index contributed by atoms with van der Waals surface area (Å²) in [6.07, 6.45) is 19.7. The Kier molecular flexibility index (Phi) is 27.1. The number of nitrogens with zero attached hydrogens (tertiary/aromatic N) is 2. The molecule has 0 saturated carbocycles. The van der Waals surface area contributed by atoms with Gasteiger partial charge < -0.3 is 40.1 Å². The predicted octanol–water partition coefficient (Wildman–Crippen LogP) is 6.39. The number of ketones is 1. The fraction of sp³-hybridized carbons (Fsp3) is 0.833. The van der Waals surface area contributed by atoms with Crippen LogP contribution in [0.3, 0.4) is 0 Å². The van der Waals surface area contributed by atoms with Crippen LogP contribution in [0.4, 0.5) is 5.82 Å². The van der Waals surface area contributed by atoms with E-state index in [2.05, 4.69) is 27.7 Å². The number of aliphatic hydroxyl groups excluding tert-OH is 2. The van der Waals surface area contributed by atoms with Gasteiger partial charge in [-0.1, -0.05) is 117 Å². The lowest BCUT2D eigenvalue weighted by molar-refractivity contribution is -0.163. The van der Waals surface area contributed by atoms with E-state index in [1.807, 2.05) is 0 Å².